The zero-order chi connectivity index (χ0) is 12.0. The third kappa shape index (κ3) is 3.59. The van der Waals surface area contributed by atoms with Gasteiger partial charge in [0.05, 0.1) is 0 Å². The van der Waals surface area contributed by atoms with Crippen LogP contribution in [0.3, 0.4) is 0 Å². The highest BCUT2D eigenvalue weighted by Crippen LogP contribution is 2.17. The summed E-state index contributed by atoms with van der Waals surface area (Å²) in [5.74, 6) is -0.825. The molecule has 0 saturated carbocycles. The first-order valence-corrected chi connectivity index (χ1v) is 4.84. The lowest BCUT2D eigenvalue weighted by atomic mass is 10.1. The van der Waals surface area contributed by atoms with Crippen molar-refractivity contribution in [3.05, 3.63) is 28.8 Å². The number of hydrogen-bond donors (Lipinski definition) is 3. The molecule has 1 amide bonds. The summed E-state index contributed by atoms with van der Waals surface area (Å²) in [6.07, 6.45) is 0. The first-order chi connectivity index (χ1) is 7.02. The third-order valence-corrected chi connectivity index (χ3v) is 1.77. The van der Waals surface area contributed by atoms with Gasteiger partial charge in [-0.2, -0.15) is 0 Å². The van der Waals surface area contributed by atoms with E-state index in [0.717, 1.165) is 0 Å². The van der Waals surface area contributed by atoms with Gasteiger partial charge in [-0.1, -0.05) is 25.4 Å². The number of hydrogen-bond acceptors (Lipinski definition) is 3. The summed E-state index contributed by atoms with van der Waals surface area (Å²) in [4.78, 5) is 10.7. The minimum Gasteiger partial charge on any atom is -0.398 e. The van der Waals surface area contributed by atoms with Gasteiger partial charge in [-0.15, -0.1) is 0 Å². The van der Waals surface area contributed by atoms with E-state index in [4.69, 9.17) is 28.5 Å². The summed E-state index contributed by atoms with van der Waals surface area (Å²) in [6, 6.07) is 4.54. The Morgan fingerprint density at radius 1 is 1.40 bits per heavy atom. The Balaban J connectivity index is 0.000000921. The molecule has 0 aliphatic heterocycles. The molecule has 15 heavy (non-hydrogen) atoms. The summed E-state index contributed by atoms with van der Waals surface area (Å²) in [7, 11) is 0. The van der Waals surface area contributed by atoms with Crippen LogP contribution in [-0.2, 0) is 4.79 Å². The fraction of sp³-hybridized carbons (Fsp3) is 0.200. The highest BCUT2D eigenvalue weighted by Gasteiger charge is 2.11. The van der Waals surface area contributed by atoms with Gasteiger partial charge < -0.3 is 11.5 Å². The van der Waals surface area contributed by atoms with Gasteiger partial charge in [-0.05, 0) is 18.2 Å². The molecule has 5 N–H and O–H groups in total. The van der Waals surface area contributed by atoms with E-state index in [1.807, 2.05) is 13.8 Å². The smallest absolute Gasteiger partial charge is 0.267 e. The van der Waals surface area contributed by atoms with Crippen molar-refractivity contribution in [2.45, 2.75) is 13.8 Å². The standard InChI is InChI=1S/C8H8ClN3O.C2H6/c9-4-1-2-6(10)5(3-4)7(11)8(12)13;1-2/h1-3,11H,10H2,(H2,12,13);1-2H3. The van der Waals surface area contributed by atoms with E-state index >= 15 is 0 Å². The minimum absolute atomic E-state index is 0.264. The Kier molecular flexibility index (Phi) is 5.41. The van der Waals surface area contributed by atoms with Crippen molar-refractivity contribution in [1.29, 1.82) is 5.41 Å². The quantitative estimate of drug-likeness (QED) is 0.531. The first-order valence-electron chi connectivity index (χ1n) is 4.46. The van der Waals surface area contributed by atoms with Crippen molar-refractivity contribution < 1.29 is 4.79 Å². The van der Waals surface area contributed by atoms with Gasteiger partial charge in [0, 0.05) is 16.3 Å². The zero-order valence-electron chi connectivity index (χ0n) is 8.67. The van der Waals surface area contributed by atoms with Gasteiger partial charge in [0.25, 0.3) is 5.91 Å². The van der Waals surface area contributed by atoms with Crippen LogP contribution in [0.5, 0.6) is 0 Å². The van der Waals surface area contributed by atoms with E-state index in [1.54, 1.807) is 6.07 Å². The maximum absolute atomic E-state index is 10.7. The lowest BCUT2D eigenvalue weighted by Crippen LogP contribution is -2.24. The van der Waals surface area contributed by atoms with Crippen LogP contribution in [0.15, 0.2) is 18.2 Å². The molecule has 0 heterocycles. The predicted molar refractivity (Wildman–Crippen MR) is 63.2 cm³/mol. The Labute approximate surface area is 93.7 Å². The van der Waals surface area contributed by atoms with Gasteiger partial charge in [0.1, 0.15) is 5.71 Å². The predicted octanol–water partition coefficient (Wildman–Crippen LogP) is 1.80. The molecule has 0 aromatic heterocycles. The summed E-state index contributed by atoms with van der Waals surface area (Å²) in [6.45, 7) is 4.00. The average molecular weight is 228 g/mol. The maximum atomic E-state index is 10.7. The fourth-order valence-corrected chi connectivity index (χ4v) is 1.05. The number of amides is 1. The molecule has 0 fully saturated rings. The van der Waals surface area contributed by atoms with Crippen LogP contribution in [0.25, 0.3) is 0 Å². The molecule has 0 bridgehead atoms. The monoisotopic (exact) mass is 227 g/mol. The van der Waals surface area contributed by atoms with Crippen molar-refractivity contribution in [3.63, 3.8) is 0 Å². The van der Waals surface area contributed by atoms with E-state index in [0.29, 0.717) is 10.7 Å². The second-order valence-corrected chi connectivity index (χ2v) is 2.91. The van der Waals surface area contributed by atoms with Crippen molar-refractivity contribution in [2.75, 3.05) is 5.73 Å². The Bertz CT molecular complexity index is 377. The minimum atomic E-state index is -0.825. The molecule has 5 heteroatoms. The molecule has 82 valence electrons. The van der Waals surface area contributed by atoms with Crippen molar-refractivity contribution in [3.8, 4) is 0 Å². The van der Waals surface area contributed by atoms with E-state index < -0.39 is 5.91 Å². The summed E-state index contributed by atoms with van der Waals surface area (Å²) < 4.78 is 0. The molecule has 4 nitrogen and oxygen atoms in total. The molecule has 0 aliphatic carbocycles. The van der Waals surface area contributed by atoms with Crippen LogP contribution in [0.1, 0.15) is 19.4 Å². The van der Waals surface area contributed by atoms with Gasteiger partial charge in [0.15, 0.2) is 0 Å². The van der Waals surface area contributed by atoms with Gasteiger partial charge in [-0.3, -0.25) is 10.2 Å². The van der Waals surface area contributed by atoms with E-state index in [1.165, 1.54) is 12.1 Å². The van der Waals surface area contributed by atoms with Crippen molar-refractivity contribution >= 4 is 28.9 Å². The van der Waals surface area contributed by atoms with E-state index in [9.17, 15) is 4.79 Å². The fourth-order valence-electron chi connectivity index (χ4n) is 0.878. The number of nitrogens with two attached hydrogens (primary N) is 2. The summed E-state index contributed by atoms with van der Waals surface area (Å²) in [5.41, 5.74) is 10.7. The van der Waals surface area contributed by atoms with E-state index in [2.05, 4.69) is 0 Å². The van der Waals surface area contributed by atoms with Crippen LogP contribution in [0.2, 0.25) is 5.02 Å². The number of carbonyl (C=O) groups is 1. The number of anilines is 1. The Hall–Kier alpha value is -1.55. The highest BCUT2D eigenvalue weighted by atomic mass is 35.5. The number of nitrogens with one attached hydrogen (secondary N) is 1. The summed E-state index contributed by atoms with van der Waals surface area (Å²) >= 11 is 5.66. The Morgan fingerprint density at radius 2 is 1.93 bits per heavy atom. The number of nitrogen functional groups attached to an aromatic ring is 1. The number of benzene rings is 1. The molecule has 0 radical (unpaired) electrons. The molecular formula is C10H14ClN3O. The zero-order valence-corrected chi connectivity index (χ0v) is 9.43. The normalized spacial score (nSPS) is 8.73. The van der Waals surface area contributed by atoms with Crippen LogP contribution in [0, 0.1) is 5.41 Å². The second kappa shape index (κ2) is 6.03. The molecule has 0 spiro atoms. The van der Waals surface area contributed by atoms with Crippen LogP contribution < -0.4 is 11.5 Å². The number of primary amides is 1. The maximum Gasteiger partial charge on any atom is 0.267 e. The lowest BCUT2D eigenvalue weighted by Gasteiger charge is -2.04. The Morgan fingerprint density at radius 3 is 2.40 bits per heavy atom. The van der Waals surface area contributed by atoms with Crippen LogP contribution >= 0.6 is 11.6 Å². The molecule has 0 atom stereocenters. The molecule has 1 aromatic rings. The van der Waals surface area contributed by atoms with Crippen molar-refractivity contribution in [1.82, 2.24) is 0 Å². The second-order valence-electron chi connectivity index (χ2n) is 2.47. The molecule has 1 aromatic carbocycles. The third-order valence-electron chi connectivity index (χ3n) is 1.53. The number of halogens is 1. The molecule has 0 unspecified atom stereocenters. The van der Waals surface area contributed by atoms with Crippen LogP contribution in [0.4, 0.5) is 5.69 Å². The number of rotatable bonds is 2. The molecular weight excluding hydrogens is 214 g/mol. The topological polar surface area (TPSA) is 93.0 Å². The largest absolute Gasteiger partial charge is 0.398 e. The lowest BCUT2D eigenvalue weighted by molar-refractivity contribution is -0.112. The average Bonchev–Trinajstić information content (AvgIpc) is 2.23. The first kappa shape index (κ1) is 13.5. The molecule has 1 rings (SSSR count). The van der Waals surface area contributed by atoms with Gasteiger partial charge in [-0.25, -0.2) is 0 Å². The van der Waals surface area contributed by atoms with E-state index in [-0.39, 0.29) is 11.3 Å². The van der Waals surface area contributed by atoms with Gasteiger partial charge >= 0.3 is 0 Å². The molecule has 0 saturated heterocycles. The number of carbonyl (C=O) groups excluding carboxylic acids is 1. The highest BCUT2D eigenvalue weighted by molar-refractivity contribution is 6.45. The van der Waals surface area contributed by atoms with Crippen molar-refractivity contribution in [2.24, 2.45) is 5.73 Å². The van der Waals surface area contributed by atoms with Gasteiger partial charge in [0.2, 0.25) is 0 Å². The summed E-state index contributed by atoms with van der Waals surface area (Å²) in [5, 5.41) is 7.72. The molecule has 0 aliphatic rings. The van der Waals surface area contributed by atoms with Crippen LogP contribution in [-0.4, -0.2) is 11.6 Å². The SMILES string of the molecule is CC.N=C(C(N)=O)c1cc(Cl)ccc1N.